The second-order valence-electron chi connectivity index (χ2n) is 12.5. The maximum absolute atomic E-state index is 9.50. The molecule has 1 heterocycles. The van der Waals surface area contributed by atoms with Crippen LogP contribution in [0, 0.1) is 0 Å². The van der Waals surface area contributed by atoms with E-state index in [1.54, 1.807) is 6.08 Å². The monoisotopic (exact) mass is 608 g/mol. The summed E-state index contributed by atoms with van der Waals surface area (Å²) >= 11 is 0. The minimum Gasteiger partial charge on any atom is -0.414 e. The van der Waals surface area contributed by atoms with E-state index in [0.29, 0.717) is 39.3 Å². The summed E-state index contributed by atoms with van der Waals surface area (Å²) in [4.78, 5) is 0. The predicted molar refractivity (Wildman–Crippen MR) is 176 cm³/mol. The first-order valence-corrected chi connectivity index (χ1v) is 18.3. The van der Waals surface area contributed by atoms with Crippen LogP contribution in [0.2, 0.25) is 18.1 Å². The quantitative estimate of drug-likeness (QED) is 0.168. The molecular formula is C36H52O6Si. The van der Waals surface area contributed by atoms with E-state index in [2.05, 4.69) is 76.9 Å². The van der Waals surface area contributed by atoms with Gasteiger partial charge in [0.05, 0.1) is 51.3 Å². The van der Waals surface area contributed by atoms with E-state index in [4.69, 9.17) is 23.4 Å². The van der Waals surface area contributed by atoms with Crippen molar-refractivity contribution in [3.05, 3.63) is 109 Å². The zero-order valence-corrected chi connectivity index (χ0v) is 27.7. The van der Waals surface area contributed by atoms with Crippen LogP contribution in [-0.2, 0) is 36.6 Å². The molecule has 3 rings (SSSR count). The molecule has 2 aromatic carbocycles. The minimum atomic E-state index is -2.00. The number of hydrogen-bond donors (Lipinski definition) is 1. The molecule has 1 N–H and O–H groups in total. The molecule has 0 aliphatic carbocycles. The average Bonchev–Trinajstić information content (AvgIpc) is 3.07. The molecule has 0 saturated heterocycles. The van der Waals surface area contributed by atoms with Gasteiger partial charge < -0.3 is 28.5 Å². The van der Waals surface area contributed by atoms with Crippen LogP contribution in [0.3, 0.4) is 0 Å². The number of ether oxygens (including phenoxy) is 4. The third-order valence-electron chi connectivity index (χ3n) is 8.17. The highest BCUT2D eigenvalue weighted by Crippen LogP contribution is 2.36. The predicted octanol–water partition coefficient (Wildman–Crippen LogP) is 7.40. The Kier molecular flexibility index (Phi) is 14.5. The lowest BCUT2D eigenvalue weighted by Gasteiger charge is -2.38. The number of aliphatic hydroxyl groups is 1. The Balaban J connectivity index is 1.77. The van der Waals surface area contributed by atoms with Gasteiger partial charge in [0.1, 0.15) is 12.2 Å². The molecule has 43 heavy (non-hydrogen) atoms. The van der Waals surface area contributed by atoms with E-state index >= 15 is 0 Å². The van der Waals surface area contributed by atoms with Crippen LogP contribution in [0.5, 0.6) is 0 Å². The van der Waals surface area contributed by atoms with E-state index in [1.807, 2.05) is 48.6 Å². The summed E-state index contributed by atoms with van der Waals surface area (Å²) in [5.74, 6) is 0. The van der Waals surface area contributed by atoms with Gasteiger partial charge in [-0.2, -0.15) is 0 Å². The van der Waals surface area contributed by atoms with Gasteiger partial charge in [-0.25, -0.2) is 0 Å². The highest BCUT2D eigenvalue weighted by molar-refractivity contribution is 6.74. The lowest BCUT2D eigenvalue weighted by Crippen LogP contribution is -2.45. The molecule has 1 unspecified atom stereocenters. The van der Waals surface area contributed by atoms with Crippen molar-refractivity contribution in [1.82, 2.24) is 0 Å². The first-order chi connectivity index (χ1) is 20.6. The Hall–Kier alpha value is -2.36. The van der Waals surface area contributed by atoms with Crippen molar-refractivity contribution in [3.63, 3.8) is 0 Å². The Morgan fingerprint density at radius 1 is 0.953 bits per heavy atom. The van der Waals surface area contributed by atoms with E-state index in [-0.39, 0.29) is 36.1 Å². The lowest BCUT2D eigenvalue weighted by molar-refractivity contribution is -0.156. The molecule has 0 aromatic heterocycles. The van der Waals surface area contributed by atoms with Crippen LogP contribution in [0.1, 0.15) is 44.7 Å². The van der Waals surface area contributed by atoms with Crippen LogP contribution in [0.15, 0.2) is 97.6 Å². The molecule has 1 aliphatic rings. The average molecular weight is 609 g/mol. The molecule has 0 amide bonds. The number of benzene rings is 2. The molecule has 2 aromatic rings. The van der Waals surface area contributed by atoms with Crippen molar-refractivity contribution >= 4 is 8.32 Å². The van der Waals surface area contributed by atoms with E-state index in [0.717, 1.165) is 11.1 Å². The summed E-state index contributed by atoms with van der Waals surface area (Å²) < 4.78 is 32.5. The van der Waals surface area contributed by atoms with Crippen LogP contribution >= 0.6 is 0 Å². The van der Waals surface area contributed by atoms with Crippen LogP contribution in [0.25, 0.3) is 0 Å². The second-order valence-corrected chi connectivity index (χ2v) is 17.4. The SMILES string of the molecule is C=C[C@@H]1O[C@H](COCc2ccccc2)[C@@H](OCc2ccccc2)C/C=C\C[C@H]1OC(/C=C/CO)CO[Si](C)(C)C(C)(C)C. The molecule has 7 heteroatoms. The minimum absolute atomic E-state index is 0.0623. The first-order valence-electron chi connectivity index (χ1n) is 15.4. The van der Waals surface area contributed by atoms with Crippen LogP contribution < -0.4 is 0 Å². The van der Waals surface area contributed by atoms with E-state index in [9.17, 15) is 5.11 Å². The van der Waals surface area contributed by atoms with Crippen molar-refractivity contribution in [1.29, 1.82) is 0 Å². The molecule has 1 aliphatic heterocycles. The van der Waals surface area contributed by atoms with Gasteiger partial charge in [-0.05, 0) is 42.1 Å². The first kappa shape index (κ1) is 35.1. The van der Waals surface area contributed by atoms with Crippen molar-refractivity contribution in [3.8, 4) is 0 Å². The molecule has 236 valence electrons. The maximum atomic E-state index is 9.50. The van der Waals surface area contributed by atoms with Gasteiger partial charge in [-0.15, -0.1) is 6.58 Å². The van der Waals surface area contributed by atoms with Gasteiger partial charge in [0.2, 0.25) is 0 Å². The molecule has 6 nitrogen and oxygen atoms in total. The van der Waals surface area contributed by atoms with Gasteiger partial charge in [0, 0.05) is 0 Å². The fourth-order valence-corrected chi connectivity index (χ4v) is 5.53. The summed E-state index contributed by atoms with van der Waals surface area (Å²) in [5.41, 5.74) is 2.21. The molecule has 0 radical (unpaired) electrons. The zero-order chi connectivity index (χ0) is 31.1. The molecule has 5 atom stereocenters. The summed E-state index contributed by atoms with van der Waals surface area (Å²) in [5, 5.41) is 9.58. The van der Waals surface area contributed by atoms with Gasteiger partial charge in [0.25, 0.3) is 0 Å². The van der Waals surface area contributed by atoms with Gasteiger partial charge >= 0.3 is 0 Å². The number of aliphatic hydroxyl groups excluding tert-OH is 1. The smallest absolute Gasteiger partial charge is 0.192 e. The van der Waals surface area contributed by atoms with E-state index in [1.165, 1.54) is 0 Å². The molecular weight excluding hydrogens is 556 g/mol. The van der Waals surface area contributed by atoms with Gasteiger partial charge in [-0.1, -0.05) is 112 Å². The Morgan fingerprint density at radius 3 is 2.14 bits per heavy atom. The fraction of sp³-hybridized carbons (Fsp3) is 0.500. The highest BCUT2D eigenvalue weighted by Gasteiger charge is 2.38. The van der Waals surface area contributed by atoms with Crippen LogP contribution in [0.4, 0.5) is 0 Å². The van der Waals surface area contributed by atoms with E-state index < -0.39 is 14.4 Å². The van der Waals surface area contributed by atoms with Crippen molar-refractivity contribution in [2.24, 2.45) is 0 Å². The molecule has 0 bridgehead atoms. The molecule has 0 fully saturated rings. The molecule has 0 spiro atoms. The summed E-state index contributed by atoms with van der Waals surface area (Å²) in [6.45, 7) is 16.9. The number of hydrogen-bond acceptors (Lipinski definition) is 6. The summed E-state index contributed by atoms with van der Waals surface area (Å²) in [7, 11) is -2.00. The largest absolute Gasteiger partial charge is 0.414 e. The van der Waals surface area contributed by atoms with Crippen molar-refractivity contribution in [2.75, 3.05) is 19.8 Å². The van der Waals surface area contributed by atoms with Gasteiger partial charge in [-0.3, -0.25) is 0 Å². The fourth-order valence-electron chi connectivity index (χ4n) is 4.51. The molecule has 0 saturated carbocycles. The standard InChI is InChI=1S/C36H52O6Si/c1-7-32-34(41-31(21-16-24-37)27-40-43(5,6)36(2,3)4)23-15-14-22-33(39-26-30-19-12-9-13-20-30)35(42-32)28-38-25-29-17-10-8-11-18-29/h7-21,31-35,37H,1,22-28H2,2-6H3/b15-14-,21-16+/t31?,32-,33-,34+,35+/m0/s1. The second kappa shape index (κ2) is 17.8. The normalized spacial score (nSPS) is 23.3. The zero-order valence-electron chi connectivity index (χ0n) is 26.7. The third kappa shape index (κ3) is 11.9. The topological polar surface area (TPSA) is 66.4 Å². The van der Waals surface area contributed by atoms with Crippen LogP contribution in [-0.4, -0.2) is 63.8 Å². The van der Waals surface area contributed by atoms with Crippen molar-refractivity contribution in [2.45, 2.75) is 95.5 Å². The van der Waals surface area contributed by atoms with Gasteiger partial charge in [0.15, 0.2) is 8.32 Å². The number of rotatable bonds is 15. The highest BCUT2D eigenvalue weighted by atomic mass is 28.4. The Bertz CT molecular complexity index is 1110. The maximum Gasteiger partial charge on any atom is 0.192 e. The third-order valence-corrected chi connectivity index (χ3v) is 12.7. The summed E-state index contributed by atoms with van der Waals surface area (Å²) in [6.07, 6.45) is 9.39. The Morgan fingerprint density at radius 2 is 1.56 bits per heavy atom. The lowest BCUT2D eigenvalue weighted by atomic mass is 10.1. The van der Waals surface area contributed by atoms with Crippen molar-refractivity contribution < 1.29 is 28.5 Å². The Labute approximate surface area is 260 Å². The summed E-state index contributed by atoms with van der Waals surface area (Å²) in [6, 6.07) is 20.3.